The van der Waals surface area contributed by atoms with E-state index in [0.717, 1.165) is 61.5 Å². The highest BCUT2D eigenvalue weighted by molar-refractivity contribution is 5.80. The Morgan fingerprint density at radius 2 is 1.48 bits per heavy atom. The van der Waals surface area contributed by atoms with Crippen molar-refractivity contribution in [2.75, 3.05) is 45.9 Å². The molecule has 10 nitrogen and oxygen atoms in total. The number of amides is 2. The molecule has 246 valence electrons. The topological polar surface area (TPSA) is 113 Å². The maximum Gasteiger partial charge on any atom is 0.325 e. The highest BCUT2D eigenvalue weighted by Crippen LogP contribution is 2.42. The number of aliphatic hydroxyl groups is 1. The molecule has 3 aromatic carbocycles. The minimum Gasteiger partial charge on any atom is -0.465 e. The first-order valence-electron chi connectivity index (χ1n) is 16.2. The molecule has 0 aromatic heterocycles. The van der Waals surface area contributed by atoms with Gasteiger partial charge in [-0.1, -0.05) is 85.8 Å². The zero-order chi connectivity index (χ0) is 32.3. The van der Waals surface area contributed by atoms with Crippen molar-refractivity contribution in [2.24, 2.45) is 5.92 Å². The molecule has 2 aliphatic rings. The van der Waals surface area contributed by atoms with Crippen molar-refractivity contribution in [2.45, 2.75) is 52.0 Å². The van der Waals surface area contributed by atoms with Crippen LogP contribution in [0.2, 0.25) is 0 Å². The first-order valence-corrected chi connectivity index (χ1v) is 16.2. The van der Waals surface area contributed by atoms with Gasteiger partial charge in [-0.2, -0.15) is 0 Å². The standard InChI is InChI=1S/C36H46N4O6/c1-3-44-33(42)22-38-36(43)37-21-27-9-15-31(16-10-27)35-45-32(26(2)34(46-35)30-13-11-29(25-41)12-14-30)24-40-19-17-39(18-20-40)23-28-7-5-4-6-8-28/h4-16,26,32,34-35,41H,3,17-25H2,1-2H3,(H2,37,38,43). The Labute approximate surface area is 271 Å². The zero-order valence-electron chi connectivity index (χ0n) is 26.8. The van der Waals surface area contributed by atoms with Crippen LogP contribution in [0.5, 0.6) is 0 Å². The van der Waals surface area contributed by atoms with E-state index < -0.39 is 18.3 Å². The summed E-state index contributed by atoms with van der Waals surface area (Å²) in [7, 11) is 0. The Hall–Kier alpha value is -3.80. The third-order valence-corrected chi connectivity index (χ3v) is 8.68. The highest BCUT2D eigenvalue weighted by Gasteiger charge is 2.39. The van der Waals surface area contributed by atoms with Gasteiger partial charge in [0.15, 0.2) is 6.29 Å². The Balaban J connectivity index is 1.22. The van der Waals surface area contributed by atoms with Gasteiger partial charge in [-0.3, -0.25) is 14.6 Å². The molecule has 3 aromatic rings. The second-order valence-corrected chi connectivity index (χ2v) is 12.0. The first kappa shape index (κ1) is 33.6. The summed E-state index contributed by atoms with van der Waals surface area (Å²) in [6, 6.07) is 26.0. The normalized spacial score (nSPS) is 22.2. The lowest BCUT2D eigenvalue weighted by Crippen LogP contribution is -2.51. The average molecular weight is 631 g/mol. The number of hydrogen-bond donors (Lipinski definition) is 3. The predicted molar refractivity (Wildman–Crippen MR) is 174 cm³/mol. The van der Waals surface area contributed by atoms with Crippen molar-refractivity contribution >= 4 is 12.0 Å². The molecule has 0 saturated carbocycles. The molecule has 2 fully saturated rings. The summed E-state index contributed by atoms with van der Waals surface area (Å²) in [5.74, 6) is -0.370. The molecule has 5 rings (SSSR count). The van der Waals surface area contributed by atoms with Crippen LogP contribution in [-0.2, 0) is 38.7 Å². The monoisotopic (exact) mass is 630 g/mol. The molecule has 10 heteroatoms. The minimum atomic E-state index is -0.557. The molecule has 2 saturated heterocycles. The van der Waals surface area contributed by atoms with Crippen molar-refractivity contribution in [3.8, 4) is 0 Å². The molecule has 3 N–H and O–H groups in total. The van der Waals surface area contributed by atoms with Gasteiger partial charge in [0.25, 0.3) is 0 Å². The lowest BCUT2D eigenvalue weighted by atomic mass is 9.90. The van der Waals surface area contributed by atoms with Crippen LogP contribution in [0.25, 0.3) is 0 Å². The van der Waals surface area contributed by atoms with E-state index in [1.807, 2.05) is 48.5 Å². The number of nitrogens with zero attached hydrogens (tertiary/aromatic N) is 2. The van der Waals surface area contributed by atoms with Crippen LogP contribution in [0.15, 0.2) is 78.9 Å². The average Bonchev–Trinajstić information content (AvgIpc) is 3.09. The van der Waals surface area contributed by atoms with E-state index >= 15 is 0 Å². The number of carbonyl (C=O) groups excluding carboxylic acids is 2. The molecular weight excluding hydrogens is 584 g/mol. The molecule has 0 aliphatic carbocycles. The van der Waals surface area contributed by atoms with Crippen LogP contribution in [0.4, 0.5) is 4.79 Å². The van der Waals surface area contributed by atoms with Gasteiger partial charge in [0.1, 0.15) is 6.54 Å². The van der Waals surface area contributed by atoms with Crippen LogP contribution >= 0.6 is 0 Å². The largest absolute Gasteiger partial charge is 0.465 e. The number of rotatable bonds is 12. The molecule has 0 spiro atoms. The summed E-state index contributed by atoms with van der Waals surface area (Å²) in [4.78, 5) is 28.6. The van der Waals surface area contributed by atoms with Crippen LogP contribution in [0.1, 0.15) is 54.1 Å². The molecule has 2 heterocycles. The number of aliphatic hydroxyl groups excluding tert-OH is 1. The van der Waals surface area contributed by atoms with Gasteiger partial charge in [-0.15, -0.1) is 0 Å². The maximum absolute atomic E-state index is 12.1. The number of urea groups is 1. The summed E-state index contributed by atoms with van der Waals surface area (Å²) < 4.78 is 18.1. The van der Waals surface area contributed by atoms with E-state index in [4.69, 9.17) is 14.2 Å². The molecule has 46 heavy (non-hydrogen) atoms. The van der Waals surface area contributed by atoms with Gasteiger partial charge in [0.2, 0.25) is 0 Å². The Morgan fingerprint density at radius 1 is 0.826 bits per heavy atom. The predicted octanol–water partition coefficient (Wildman–Crippen LogP) is 4.15. The summed E-state index contributed by atoms with van der Waals surface area (Å²) >= 11 is 0. The fourth-order valence-electron chi connectivity index (χ4n) is 5.96. The highest BCUT2D eigenvalue weighted by atomic mass is 16.7. The summed E-state index contributed by atoms with van der Waals surface area (Å²) in [6.45, 7) is 10.1. The lowest BCUT2D eigenvalue weighted by Gasteiger charge is -2.44. The Bertz CT molecular complexity index is 1380. The quantitative estimate of drug-likeness (QED) is 0.256. The molecular formula is C36H46N4O6. The maximum atomic E-state index is 12.1. The first-order chi connectivity index (χ1) is 22.4. The fraction of sp³-hybridized carbons (Fsp3) is 0.444. The second-order valence-electron chi connectivity index (χ2n) is 12.0. The van der Waals surface area contributed by atoms with Gasteiger partial charge in [-0.05, 0) is 29.2 Å². The van der Waals surface area contributed by atoms with E-state index in [0.29, 0.717) is 6.54 Å². The third-order valence-electron chi connectivity index (χ3n) is 8.68. The molecule has 2 amide bonds. The fourth-order valence-corrected chi connectivity index (χ4v) is 5.96. The smallest absolute Gasteiger partial charge is 0.325 e. The Kier molecular flexibility index (Phi) is 12.2. The third kappa shape index (κ3) is 9.37. The number of carbonyl (C=O) groups is 2. The number of ether oxygens (including phenoxy) is 3. The second kappa shape index (κ2) is 16.7. The van der Waals surface area contributed by atoms with E-state index in [1.165, 1.54) is 5.56 Å². The van der Waals surface area contributed by atoms with Gasteiger partial charge >= 0.3 is 12.0 Å². The molecule has 4 atom stereocenters. The van der Waals surface area contributed by atoms with E-state index in [9.17, 15) is 14.7 Å². The van der Waals surface area contributed by atoms with Crippen LogP contribution in [-0.4, -0.2) is 78.9 Å². The van der Waals surface area contributed by atoms with Gasteiger partial charge < -0.3 is 30.0 Å². The van der Waals surface area contributed by atoms with Gasteiger partial charge in [-0.25, -0.2) is 4.79 Å². The minimum absolute atomic E-state index is 0.000229. The van der Waals surface area contributed by atoms with Crippen molar-refractivity contribution < 1.29 is 28.9 Å². The Morgan fingerprint density at radius 3 is 2.15 bits per heavy atom. The van der Waals surface area contributed by atoms with Crippen LogP contribution in [0, 0.1) is 5.92 Å². The summed E-state index contributed by atoms with van der Waals surface area (Å²) in [5.41, 5.74) is 5.07. The van der Waals surface area contributed by atoms with Crippen molar-refractivity contribution in [3.63, 3.8) is 0 Å². The summed E-state index contributed by atoms with van der Waals surface area (Å²) in [6.07, 6.45) is -0.787. The molecule has 0 radical (unpaired) electrons. The number of piperazine rings is 1. The van der Waals surface area contributed by atoms with Crippen molar-refractivity contribution in [1.29, 1.82) is 0 Å². The van der Waals surface area contributed by atoms with E-state index in [2.05, 4.69) is 57.7 Å². The molecule has 2 aliphatic heterocycles. The number of hydrogen-bond acceptors (Lipinski definition) is 8. The molecule has 0 bridgehead atoms. The number of nitrogens with one attached hydrogen (secondary N) is 2. The number of benzene rings is 3. The number of esters is 1. The summed E-state index contributed by atoms with van der Waals surface area (Å²) in [5, 5.41) is 14.8. The lowest BCUT2D eigenvalue weighted by molar-refractivity contribution is -0.276. The van der Waals surface area contributed by atoms with E-state index in [-0.39, 0.29) is 37.9 Å². The van der Waals surface area contributed by atoms with Crippen LogP contribution in [0.3, 0.4) is 0 Å². The van der Waals surface area contributed by atoms with Crippen LogP contribution < -0.4 is 10.6 Å². The zero-order valence-corrected chi connectivity index (χ0v) is 26.8. The van der Waals surface area contributed by atoms with E-state index in [1.54, 1.807) is 6.92 Å². The molecule has 4 unspecified atom stereocenters. The van der Waals surface area contributed by atoms with Crippen molar-refractivity contribution in [1.82, 2.24) is 20.4 Å². The van der Waals surface area contributed by atoms with Gasteiger partial charge in [0, 0.05) is 57.3 Å². The van der Waals surface area contributed by atoms with Crippen molar-refractivity contribution in [3.05, 3.63) is 107 Å². The van der Waals surface area contributed by atoms with Gasteiger partial charge in [0.05, 0.1) is 25.4 Å². The SMILES string of the molecule is CCOC(=O)CNC(=O)NCc1ccc(C2OC(CN3CCN(Cc4ccccc4)CC3)C(C)C(c3ccc(CO)cc3)O2)cc1.